The van der Waals surface area contributed by atoms with Gasteiger partial charge < -0.3 is 5.32 Å². The van der Waals surface area contributed by atoms with E-state index in [1.165, 1.54) is 48.9 Å². The fraction of sp³-hybridized carbons (Fsp3) is 0.333. The first kappa shape index (κ1) is 12.3. The summed E-state index contributed by atoms with van der Waals surface area (Å²) in [4.78, 5) is 0. The molecule has 1 heterocycles. The average molecular weight is 251 g/mol. The van der Waals surface area contributed by atoms with Gasteiger partial charge >= 0.3 is 0 Å². The van der Waals surface area contributed by atoms with Crippen molar-refractivity contribution in [1.82, 2.24) is 0 Å². The highest BCUT2D eigenvalue weighted by molar-refractivity contribution is 5.68. The van der Waals surface area contributed by atoms with Crippen LogP contribution in [-0.4, -0.2) is 0 Å². The van der Waals surface area contributed by atoms with Crippen molar-refractivity contribution < 1.29 is 0 Å². The zero-order valence-electron chi connectivity index (χ0n) is 11.4. The van der Waals surface area contributed by atoms with Gasteiger partial charge in [-0.05, 0) is 36.1 Å². The number of rotatable bonds is 2. The number of nitrogens with one attached hydrogen (secondary N) is 1. The van der Waals surface area contributed by atoms with Gasteiger partial charge in [0.25, 0.3) is 0 Å². The molecule has 1 fully saturated rings. The molecule has 2 aliphatic rings. The summed E-state index contributed by atoms with van der Waals surface area (Å²) in [6.45, 7) is 8.02. The second-order valence-corrected chi connectivity index (χ2v) is 5.55. The van der Waals surface area contributed by atoms with Crippen molar-refractivity contribution in [2.75, 3.05) is 5.32 Å². The lowest BCUT2D eigenvalue weighted by atomic mass is 9.62. The first-order valence-electron chi connectivity index (χ1n) is 7.18. The SMILES string of the molecule is C=CC1=C(C=C)C2(CCCCC2)c2ccccc2N1. The monoisotopic (exact) mass is 251 g/mol. The molecule has 0 unspecified atom stereocenters. The molecule has 0 radical (unpaired) electrons. The molecule has 98 valence electrons. The smallest absolute Gasteiger partial charge is 0.0426 e. The maximum absolute atomic E-state index is 4.06. The van der Waals surface area contributed by atoms with Crippen molar-refractivity contribution in [2.24, 2.45) is 0 Å². The molecule has 1 heteroatoms. The lowest BCUT2D eigenvalue weighted by molar-refractivity contribution is 0.342. The minimum Gasteiger partial charge on any atom is -0.355 e. The predicted molar refractivity (Wildman–Crippen MR) is 82.2 cm³/mol. The van der Waals surface area contributed by atoms with Gasteiger partial charge in [0.15, 0.2) is 0 Å². The van der Waals surface area contributed by atoms with Crippen LogP contribution in [0.3, 0.4) is 0 Å². The number of hydrogen-bond donors (Lipinski definition) is 1. The molecule has 1 aromatic rings. The second-order valence-electron chi connectivity index (χ2n) is 5.55. The molecule has 1 saturated carbocycles. The minimum atomic E-state index is 0.158. The Morgan fingerprint density at radius 1 is 1.00 bits per heavy atom. The van der Waals surface area contributed by atoms with Gasteiger partial charge in [0, 0.05) is 16.8 Å². The van der Waals surface area contributed by atoms with Gasteiger partial charge in [0.1, 0.15) is 0 Å². The van der Waals surface area contributed by atoms with E-state index in [0.29, 0.717) is 0 Å². The van der Waals surface area contributed by atoms with Gasteiger partial charge in [-0.25, -0.2) is 0 Å². The Labute approximate surface area is 115 Å². The Bertz CT molecular complexity index is 545. The molecule has 0 saturated heterocycles. The Morgan fingerprint density at radius 2 is 1.74 bits per heavy atom. The van der Waals surface area contributed by atoms with Crippen molar-refractivity contribution in [3.63, 3.8) is 0 Å². The second kappa shape index (κ2) is 4.73. The Morgan fingerprint density at radius 3 is 2.42 bits per heavy atom. The van der Waals surface area contributed by atoms with Crippen LogP contribution < -0.4 is 5.32 Å². The van der Waals surface area contributed by atoms with E-state index in [1.54, 1.807) is 0 Å². The number of para-hydroxylation sites is 1. The lowest BCUT2D eigenvalue weighted by Crippen LogP contribution is -2.36. The third-order valence-electron chi connectivity index (χ3n) is 4.63. The minimum absolute atomic E-state index is 0.158. The first-order chi connectivity index (χ1) is 9.31. The topological polar surface area (TPSA) is 12.0 Å². The number of hydrogen-bond acceptors (Lipinski definition) is 1. The molecule has 1 aliphatic heterocycles. The molecular weight excluding hydrogens is 230 g/mol. The lowest BCUT2D eigenvalue weighted by Gasteiger charge is -2.44. The molecule has 0 amide bonds. The van der Waals surface area contributed by atoms with Crippen molar-refractivity contribution in [3.05, 3.63) is 66.4 Å². The summed E-state index contributed by atoms with van der Waals surface area (Å²) in [5.41, 5.74) is 5.31. The summed E-state index contributed by atoms with van der Waals surface area (Å²) in [6.07, 6.45) is 10.4. The van der Waals surface area contributed by atoms with Crippen molar-refractivity contribution >= 4 is 5.69 Å². The van der Waals surface area contributed by atoms with Crippen LogP contribution in [0.25, 0.3) is 0 Å². The maximum Gasteiger partial charge on any atom is 0.0426 e. The summed E-state index contributed by atoms with van der Waals surface area (Å²) in [6, 6.07) is 8.70. The zero-order chi connectivity index (χ0) is 13.3. The highest BCUT2D eigenvalue weighted by atomic mass is 14.9. The third-order valence-corrected chi connectivity index (χ3v) is 4.63. The summed E-state index contributed by atoms with van der Waals surface area (Å²) in [5, 5.41) is 3.51. The van der Waals surface area contributed by atoms with Crippen LogP contribution in [0.5, 0.6) is 0 Å². The van der Waals surface area contributed by atoms with Crippen LogP contribution in [0.15, 0.2) is 60.8 Å². The Hall–Kier alpha value is -1.76. The van der Waals surface area contributed by atoms with Crippen LogP contribution >= 0.6 is 0 Å². The highest BCUT2D eigenvalue weighted by Gasteiger charge is 2.41. The van der Waals surface area contributed by atoms with Crippen LogP contribution in [0.2, 0.25) is 0 Å². The number of fused-ring (bicyclic) bond motifs is 2. The molecule has 0 bridgehead atoms. The van der Waals surface area contributed by atoms with Crippen LogP contribution in [0, 0.1) is 0 Å². The molecule has 0 atom stereocenters. The van der Waals surface area contributed by atoms with Gasteiger partial charge in [-0.1, -0.05) is 56.7 Å². The van der Waals surface area contributed by atoms with Crippen molar-refractivity contribution in [1.29, 1.82) is 0 Å². The molecule has 1 nitrogen and oxygen atoms in total. The first-order valence-corrected chi connectivity index (χ1v) is 7.18. The van der Waals surface area contributed by atoms with Crippen LogP contribution in [0.4, 0.5) is 5.69 Å². The molecule has 1 spiro atoms. The quantitative estimate of drug-likeness (QED) is 0.785. The standard InChI is InChI=1S/C18H21N/c1-3-14-16(4-2)19-17-11-7-6-10-15(17)18(14)12-8-5-9-13-18/h3-4,6-7,10-11,19H,1-2,5,8-9,12-13H2. The largest absolute Gasteiger partial charge is 0.355 e. The fourth-order valence-electron chi connectivity index (χ4n) is 3.79. The van der Waals surface area contributed by atoms with E-state index in [0.717, 1.165) is 5.70 Å². The van der Waals surface area contributed by atoms with E-state index in [-0.39, 0.29) is 5.41 Å². The van der Waals surface area contributed by atoms with E-state index in [1.807, 2.05) is 12.2 Å². The normalized spacial score (nSPS) is 20.6. The maximum atomic E-state index is 4.06. The summed E-state index contributed by atoms with van der Waals surface area (Å²) >= 11 is 0. The number of allylic oxidation sites excluding steroid dienone is 3. The summed E-state index contributed by atoms with van der Waals surface area (Å²) < 4.78 is 0. The van der Waals surface area contributed by atoms with E-state index >= 15 is 0 Å². The molecule has 1 aliphatic carbocycles. The average Bonchev–Trinajstić information content (AvgIpc) is 2.48. The fourth-order valence-corrected chi connectivity index (χ4v) is 3.79. The van der Waals surface area contributed by atoms with Gasteiger partial charge in [-0.2, -0.15) is 0 Å². The predicted octanol–water partition coefficient (Wildman–Crippen LogP) is 4.94. The molecule has 1 N–H and O–H groups in total. The number of benzene rings is 1. The summed E-state index contributed by atoms with van der Waals surface area (Å²) in [7, 11) is 0. The molecule has 3 rings (SSSR count). The van der Waals surface area contributed by atoms with E-state index < -0.39 is 0 Å². The van der Waals surface area contributed by atoms with Gasteiger partial charge in [0.2, 0.25) is 0 Å². The van der Waals surface area contributed by atoms with Gasteiger partial charge in [-0.3, -0.25) is 0 Å². The van der Waals surface area contributed by atoms with Crippen LogP contribution in [-0.2, 0) is 5.41 Å². The molecule has 1 aromatic carbocycles. The molecule has 19 heavy (non-hydrogen) atoms. The van der Waals surface area contributed by atoms with Crippen molar-refractivity contribution in [3.8, 4) is 0 Å². The number of anilines is 1. The van der Waals surface area contributed by atoms with Gasteiger partial charge in [-0.15, -0.1) is 0 Å². The zero-order valence-corrected chi connectivity index (χ0v) is 11.4. The van der Waals surface area contributed by atoms with Gasteiger partial charge in [0.05, 0.1) is 0 Å². The Balaban J connectivity index is 2.23. The molecular formula is C18H21N. The third kappa shape index (κ3) is 1.76. The van der Waals surface area contributed by atoms with E-state index in [4.69, 9.17) is 0 Å². The molecule has 0 aromatic heterocycles. The van der Waals surface area contributed by atoms with E-state index in [2.05, 4.69) is 42.7 Å². The van der Waals surface area contributed by atoms with Crippen molar-refractivity contribution in [2.45, 2.75) is 37.5 Å². The van der Waals surface area contributed by atoms with E-state index in [9.17, 15) is 0 Å². The summed E-state index contributed by atoms with van der Waals surface area (Å²) in [5.74, 6) is 0. The Kier molecular flexibility index (Phi) is 3.06. The van der Waals surface area contributed by atoms with Crippen LogP contribution in [0.1, 0.15) is 37.7 Å². The highest BCUT2D eigenvalue weighted by Crippen LogP contribution is 2.51.